The van der Waals surface area contributed by atoms with Crippen molar-refractivity contribution in [3.05, 3.63) is 11.9 Å². The number of hydrogen-bond acceptors (Lipinski definition) is 3. The number of nitrogens with one attached hydrogen (secondary N) is 1. The van der Waals surface area contributed by atoms with Gasteiger partial charge in [-0.2, -0.15) is 0 Å². The standard InChI is InChI=1S/C6H13N3.C2H6/c1-8-5-6(9-2)3-4-7;1-2/h5,8H,2-4,7H2,1H3;1-2H3/b6-5-;. The molecule has 0 aliphatic rings. The Morgan fingerprint density at radius 1 is 1.64 bits per heavy atom. The minimum Gasteiger partial charge on any atom is -0.393 e. The largest absolute Gasteiger partial charge is 0.393 e. The van der Waals surface area contributed by atoms with Crippen LogP contribution in [-0.2, 0) is 0 Å². The molecule has 0 saturated carbocycles. The molecule has 3 N–H and O–H groups in total. The quantitative estimate of drug-likeness (QED) is 0.601. The molecular formula is C8H19N3. The molecule has 0 spiro atoms. The van der Waals surface area contributed by atoms with Crippen molar-refractivity contribution in [3.63, 3.8) is 0 Å². The third-order valence-corrected chi connectivity index (χ3v) is 0.915. The third kappa shape index (κ3) is 9.17. The molecule has 0 aromatic carbocycles. The third-order valence-electron chi connectivity index (χ3n) is 0.915. The molecule has 0 saturated heterocycles. The summed E-state index contributed by atoms with van der Waals surface area (Å²) in [4.78, 5) is 3.74. The van der Waals surface area contributed by atoms with Crippen LogP contribution in [-0.4, -0.2) is 20.3 Å². The van der Waals surface area contributed by atoms with Crippen LogP contribution in [0.3, 0.4) is 0 Å². The monoisotopic (exact) mass is 157 g/mol. The summed E-state index contributed by atoms with van der Waals surface area (Å²) < 4.78 is 0. The second-order valence-electron chi connectivity index (χ2n) is 1.62. The molecule has 11 heavy (non-hydrogen) atoms. The van der Waals surface area contributed by atoms with Crippen LogP contribution in [0.25, 0.3) is 0 Å². The van der Waals surface area contributed by atoms with Crippen LogP contribution < -0.4 is 11.1 Å². The fourth-order valence-electron chi connectivity index (χ4n) is 0.511. The molecule has 0 amide bonds. The van der Waals surface area contributed by atoms with Gasteiger partial charge < -0.3 is 11.1 Å². The average Bonchev–Trinajstić information content (AvgIpc) is 2.08. The highest BCUT2D eigenvalue weighted by atomic mass is 14.8. The maximum atomic E-state index is 5.28. The van der Waals surface area contributed by atoms with E-state index in [0.29, 0.717) is 6.54 Å². The lowest BCUT2D eigenvalue weighted by atomic mass is 10.3. The summed E-state index contributed by atoms with van der Waals surface area (Å²) in [6.45, 7) is 8.00. The van der Waals surface area contributed by atoms with Gasteiger partial charge in [0.05, 0.1) is 5.70 Å². The smallest absolute Gasteiger partial charge is 0.0565 e. The number of nitrogens with two attached hydrogens (primary N) is 1. The maximum absolute atomic E-state index is 5.28. The molecule has 3 nitrogen and oxygen atoms in total. The minimum absolute atomic E-state index is 0.618. The summed E-state index contributed by atoms with van der Waals surface area (Å²) in [5.74, 6) is 0. The normalized spacial score (nSPS) is 9.64. The molecule has 0 unspecified atom stereocenters. The van der Waals surface area contributed by atoms with Gasteiger partial charge in [0.15, 0.2) is 0 Å². The molecule has 0 aromatic rings. The highest BCUT2D eigenvalue weighted by molar-refractivity contribution is 5.28. The first kappa shape index (κ1) is 12.8. The molecule has 0 radical (unpaired) electrons. The van der Waals surface area contributed by atoms with E-state index in [9.17, 15) is 0 Å². The molecule has 0 rings (SSSR count). The summed E-state index contributed by atoms with van der Waals surface area (Å²) in [7, 11) is 1.82. The first-order valence-electron chi connectivity index (χ1n) is 3.88. The topological polar surface area (TPSA) is 50.4 Å². The molecule has 3 heteroatoms. The molecule has 0 bridgehead atoms. The van der Waals surface area contributed by atoms with Crippen molar-refractivity contribution in [2.45, 2.75) is 20.3 Å². The lowest BCUT2D eigenvalue weighted by Crippen LogP contribution is -2.02. The summed E-state index contributed by atoms with van der Waals surface area (Å²) in [5, 5.41) is 2.85. The fraction of sp³-hybridized carbons (Fsp3) is 0.625. The van der Waals surface area contributed by atoms with E-state index < -0.39 is 0 Å². The number of aliphatic imine (C=N–C) groups is 1. The van der Waals surface area contributed by atoms with Crippen LogP contribution in [0.2, 0.25) is 0 Å². The Bertz CT molecular complexity index is 108. The van der Waals surface area contributed by atoms with Gasteiger partial charge in [-0.1, -0.05) is 13.8 Å². The highest BCUT2D eigenvalue weighted by Gasteiger charge is 1.87. The van der Waals surface area contributed by atoms with Gasteiger partial charge in [-0.25, -0.2) is 0 Å². The zero-order valence-electron chi connectivity index (χ0n) is 7.72. The SMILES string of the molecule is C=N/C(=C\NC)CCN.CC. The first-order valence-corrected chi connectivity index (χ1v) is 3.88. The van der Waals surface area contributed by atoms with Gasteiger partial charge in [0.1, 0.15) is 0 Å². The van der Waals surface area contributed by atoms with Crippen molar-refractivity contribution < 1.29 is 0 Å². The van der Waals surface area contributed by atoms with Crippen LogP contribution in [0.15, 0.2) is 16.9 Å². The highest BCUT2D eigenvalue weighted by Crippen LogP contribution is 1.96. The van der Waals surface area contributed by atoms with E-state index in [1.807, 2.05) is 20.9 Å². The summed E-state index contributed by atoms with van der Waals surface area (Å²) in [5.41, 5.74) is 6.18. The minimum atomic E-state index is 0.618. The van der Waals surface area contributed by atoms with Crippen molar-refractivity contribution >= 4 is 6.72 Å². The van der Waals surface area contributed by atoms with Gasteiger partial charge in [-0.3, -0.25) is 4.99 Å². The molecule has 0 aliphatic heterocycles. The van der Waals surface area contributed by atoms with Crippen LogP contribution >= 0.6 is 0 Å². The summed E-state index contributed by atoms with van der Waals surface area (Å²) >= 11 is 0. The van der Waals surface area contributed by atoms with Gasteiger partial charge in [0.2, 0.25) is 0 Å². The van der Waals surface area contributed by atoms with Gasteiger partial charge >= 0.3 is 0 Å². The van der Waals surface area contributed by atoms with E-state index in [0.717, 1.165) is 12.1 Å². The zero-order valence-corrected chi connectivity index (χ0v) is 7.72. The van der Waals surface area contributed by atoms with E-state index in [4.69, 9.17) is 5.73 Å². The van der Waals surface area contributed by atoms with Crippen molar-refractivity contribution in [3.8, 4) is 0 Å². The lowest BCUT2D eigenvalue weighted by Gasteiger charge is -1.95. The lowest BCUT2D eigenvalue weighted by molar-refractivity contribution is 0.913. The Hall–Kier alpha value is -0.830. The summed E-state index contributed by atoms with van der Waals surface area (Å²) in [6, 6.07) is 0. The Balaban J connectivity index is 0. The second-order valence-corrected chi connectivity index (χ2v) is 1.62. The molecule has 0 fully saturated rings. The molecular weight excluding hydrogens is 138 g/mol. The first-order chi connectivity index (χ1) is 5.35. The van der Waals surface area contributed by atoms with E-state index in [1.165, 1.54) is 0 Å². The van der Waals surface area contributed by atoms with Crippen LogP contribution in [0.1, 0.15) is 20.3 Å². The Morgan fingerprint density at radius 3 is 2.45 bits per heavy atom. The molecule has 0 aliphatic carbocycles. The molecule has 0 atom stereocenters. The van der Waals surface area contributed by atoms with Crippen LogP contribution in [0.4, 0.5) is 0 Å². The molecule has 0 heterocycles. The number of hydrogen-bond donors (Lipinski definition) is 2. The van der Waals surface area contributed by atoms with Crippen molar-refractivity contribution in [1.82, 2.24) is 5.32 Å². The van der Waals surface area contributed by atoms with Crippen molar-refractivity contribution in [2.75, 3.05) is 13.6 Å². The second kappa shape index (κ2) is 11.9. The Morgan fingerprint density at radius 2 is 2.18 bits per heavy atom. The average molecular weight is 157 g/mol. The number of rotatable bonds is 4. The van der Waals surface area contributed by atoms with Crippen molar-refractivity contribution in [2.24, 2.45) is 10.7 Å². The summed E-state index contributed by atoms with van der Waals surface area (Å²) in [6.07, 6.45) is 2.57. The van der Waals surface area contributed by atoms with E-state index in [1.54, 1.807) is 6.20 Å². The predicted octanol–water partition coefficient (Wildman–Crippen LogP) is 1.12. The van der Waals surface area contributed by atoms with Crippen LogP contribution in [0, 0.1) is 0 Å². The van der Waals surface area contributed by atoms with E-state index in [-0.39, 0.29) is 0 Å². The van der Waals surface area contributed by atoms with Crippen LogP contribution in [0.5, 0.6) is 0 Å². The van der Waals surface area contributed by atoms with E-state index >= 15 is 0 Å². The van der Waals surface area contributed by atoms with E-state index in [2.05, 4.69) is 17.0 Å². The molecule has 0 aromatic heterocycles. The predicted molar refractivity (Wildman–Crippen MR) is 51.7 cm³/mol. The molecule has 66 valence electrons. The van der Waals surface area contributed by atoms with Gasteiger partial charge in [0.25, 0.3) is 0 Å². The maximum Gasteiger partial charge on any atom is 0.0565 e. The zero-order chi connectivity index (χ0) is 9.11. The van der Waals surface area contributed by atoms with Gasteiger partial charge in [-0.15, -0.1) is 0 Å². The number of nitrogens with zero attached hydrogens (tertiary/aromatic N) is 1. The Kier molecular flexibility index (Phi) is 13.9. The fourth-order valence-corrected chi connectivity index (χ4v) is 0.511. The van der Waals surface area contributed by atoms with Gasteiger partial charge in [0, 0.05) is 19.7 Å². The van der Waals surface area contributed by atoms with Crippen molar-refractivity contribution in [1.29, 1.82) is 0 Å². The Labute approximate surface area is 69.4 Å². The van der Waals surface area contributed by atoms with Gasteiger partial charge in [-0.05, 0) is 13.3 Å².